The second-order valence-electron chi connectivity index (χ2n) is 5.18. The summed E-state index contributed by atoms with van der Waals surface area (Å²) < 4.78 is 2.13. The van der Waals surface area contributed by atoms with Crippen LogP contribution in [0.4, 0.5) is 5.69 Å². The molecule has 0 amide bonds. The largest absolute Gasteiger partial charge is 0.299 e. The number of rotatable bonds is 2. The Morgan fingerprint density at radius 1 is 1.00 bits per heavy atom. The molecule has 0 saturated carbocycles. The van der Waals surface area contributed by atoms with Gasteiger partial charge in [-0.15, -0.1) is 0 Å². The Morgan fingerprint density at radius 2 is 1.90 bits per heavy atom. The van der Waals surface area contributed by atoms with Gasteiger partial charge in [0.2, 0.25) is 0 Å². The molecule has 1 aliphatic rings. The van der Waals surface area contributed by atoms with Crippen molar-refractivity contribution in [3.63, 3.8) is 0 Å². The van der Waals surface area contributed by atoms with Gasteiger partial charge < -0.3 is 0 Å². The van der Waals surface area contributed by atoms with Gasteiger partial charge in [0, 0.05) is 17.5 Å². The van der Waals surface area contributed by atoms with Crippen LogP contribution in [0.25, 0.3) is 16.9 Å². The first-order chi connectivity index (χ1) is 10.4. The van der Waals surface area contributed by atoms with Crippen molar-refractivity contribution in [2.75, 3.05) is 0 Å². The maximum Gasteiger partial charge on any atom is 0.0997 e. The highest BCUT2D eigenvalue weighted by atomic mass is 15.0. The van der Waals surface area contributed by atoms with Gasteiger partial charge in [0.1, 0.15) is 0 Å². The molecule has 1 aromatic heterocycles. The molecule has 0 unspecified atom stereocenters. The molecular weight excluding hydrogens is 258 g/mol. The van der Waals surface area contributed by atoms with Gasteiger partial charge in [-0.2, -0.15) is 0 Å². The fourth-order valence-corrected chi connectivity index (χ4v) is 2.75. The van der Waals surface area contributed by atoms with E-state index in [9.17, 15) is 0 Å². The van der Waals surface area contributed by atoms with E-state index in [-0.39, 0.29) is 0 Å². The Hall–Kier alpha value is -2.68. The zero-order valence-electron chi connectivity index (χ0n) is 11.6. The van der Waals surface area contributed by atoms with Gasteiger partial charge in [-0.05, 0) is 36.6 Å². The van der Waals surface area contributed by atoms with Gasteiger partial charge in [0.05, 0.1) is 23.9 Å². The Bertz CT molecular complexity index is 800. The first kappa shape index (κ1) is 12.1. The molecule has 0 radical (unpaired) electrons. The topological polar surface area (TPSA) is 30.2 Å². The van der Waals surface area contributed by atoms with Gasteiger partial charge in [-0.3, -0.25) is 9.56 Å². The third-order valence-electron chi connectivity index (χ3n) is 3.82. The van der Waals surface area contributed by atoms with Crippen LogP contribution in [-0.4, -0.2) is 15.8 Å². The summed E-state index contributed by atoms with van der Waals surface area (Å²) >= 11 is 0. The summed E-state index contributed by atoms with van der Waals surface area (Å²) in [5.74, 6) is 0. The van der Waals surface area contributed by atoms with E-state index in [1.807, 2.05) is 36.9 Å². The standard InChI is InChI=1S/C18H15N3/c1-2-5-14(6-3-1)18-12-19-13-21(18)16-8-9-17-15(11-16)7-4-10-20-17/h1-3,5-6,8-13H,4,7H2. The second kappa shape index (κ2) is 5.02. The number of hydrogen-bond donors (Lipinski definition) is 0. The van der Waals surface area contributed by atoms with Gasteiger partial charge in [0.15, 0.2) is 0 Å². The number of hydrogen-bond acceptors (Lipinski definition) is 2. The second-order valence-corrected chi connectivity index (χ2v) is 5.18. The van der Waals surface area contributed by atoms with Crippen LogP contribution in [0.3, 0.4) is 0 Å². The van der Waals surface area contributed by atoms with Crippen LogP contribution in [0.15, 0.2) is 66.0 Å². The molecule has 4 rings (SSSR count). The molecule has 0 aliphatic carbocycles. The minimum absolute atomic E-state index is 1.02. The minimum Gasteiger partial charge on any atom is -0.299 e. The summed E-state index contributed by atoms with van der Waals surface area (Å²) in [7, 11) is 0. The summed E-state index contributed by atoms with van der Waals surface area (Å²) in [6, 6.07) is 16.8. The summed E-state index contributed by atoms with van der Waals surface area (Å²) in [5.41, 5.74) is 5.82. The normalized spacial score (nSPS) is 13.1. The Balaban J connectivity index is 1.82. The number of imidazole rings is 1. The van der Waals surface area contributed by atoms with E-state index in [4.69, 9.17) is 0 Å². The lowest BCUT2D eigenvalue weighted by Crippen LogP contribution is -1.99. The fraction of sp³-hybridized carbons (Fsp3) is 0.111. The molecule has 0 atom stereocenters. The van der Waals surface area contributed by atoms with Crippen molar-refractivity contribution in [1.82, 2.24) is 9.55 Å². The third-order valence-corrected chi connectivity index (χ3v) is 3.82. The maximum atomic E-state index is 4.45. The molecule has 0 bridgehead atoms. The molecule has 102 valence electrons. The predicted molar refractivity (Wildman–Crippen MR) is 85.5 cm³/mol. The van der Waals surface area contributed by atoms with Crippen molar-refractivity contribution >= 4 is 11.9 Å². The van der Waals surface area contributed by atoms with Crippen molar-refractivity contribution in [1.29, 1.82) is 0 Å². The van der Waals surface area contributed by atoms with Crippen molar-refractivity contribution < 1.29 is 0 Å². The van der Waals surface area contributed by atoms with Crippen LogP contribution in [0.1, 0.15) is 12.0 Å². The monoisotopic (exact) mass is 273 g/mol. The Labute approximate surface area is 123 Å². The molecule has 0 saturated heterocycles. The molecule has 2 heterocycles. The first-order valence-electron chi connectivity index (χ1n) is 7.15. The predicted octanol–water partition coefficient (Wildman–Crippen LogP) is 4.19. The molecule has 0 spiro atoms. The van der Waals surface area contributed by atoms with E-state index >= 15 is 0 Å². The summed E-state index contributed by atoms with van der Waals surface area (Å²) in [5, 5.41) is 0. The summed E-state index contributed by atoms with van der Waals surface area (Å²) in [4.78, 5) is 8.77. The SMILES string of the molecule is C1=Nc2ccc(-n3cncc3-c3ccccc3)cc2CC1. The molecule has 3 heteroatoms. The lowest BCUT2D eigenvalue weighted by atomic mass is 10.0. The molecule has 1 aliphatic heterocycles. The van der Waals surface area contributed by atoms with Crippen molar-refractivity contribution in [2.45, 2.75) is 12.8 Å². The zero-order chi connectivity index (χ0) is 14.1. The highest BCUT2D eigenvalue weighted by Gasteiger charge is 2.10. The van der Waals surface area contributed by atoms with Gasteiger partial charge in [-0.25, -0.2) is 4.98 Å². The van der Waals surface area contributed by atoms with E-state index < -0.39 is 0 Å². The number of aromatic nitrogens is 2. The lowest BCUT2D eigenvalue weighted by Gasteiger charge is -2.13. The van der Waals surface area contributed by atoms with Crippen LogP contribution in [0, 0.1) is 0 Å². The van der Waals surface area contributed by atoms with Crippen LogP contribution >= 0.6 is 0 Å². The average molecular weight is 273 g/mol. The number of aliphatic imine (C=N–C) groups is 1. The van der Waals surface area contributed by atoms with Crippen molar-refractivity contribution in [3.8, 4) is 16.9 Å². The Morgan fingerprint density at radius 3 is 2.81 bits per heavy atom. The van der Waals surface area contributed by atoms with Crippen molar-refractivity contribution in [2.24, 2.45) is 4.99 Å². The maximum absolute atomic E-state index is 4.45. The quantitative estimate of drug-likeness (QED) is 0.688. The van der Waals surface area contributed by atoms with Crippen LogP contribution in [0.5, 0.6) is 0 Å². The molecule has 0 N–H and O–H groups in total. The minimum atomic E-state index is 1.02. The number of aryl methyl sites for hydroxylation is 1. The molecule has 21 heavy (non-hydrogen) atoms. The van der Waals surface area contributed by atoms with Gasteiger partial charge in [0.25, 0.3) is 0 Å². The number of benzene rings is 2. The number of nitrogens with zero attached hydrogens (tertiary/aromatic N) is 3. The zero-order valence-corrected chi connectivity index (χ0v) is 11.6. The average Bonchev–Trinajstić information content (AvgIpc) is 3.05. The smallest absolute Gasteiger partial charge is 0.0997 e. The van der Waals surface area contributed by atoms with Crippen molar-refractivity contribution in [3.05, 3.63) is 66.6 Å². The van der Waals surface area contributed by atoms with E-state index in [0.29, 0.717) is 0 Å². The summed E-state index contributed by atoms with van der Waals surface area (Å²) in [6.45, 7) is 0. The Kier molecular flexibility index (Phi) is 2.89. The molecule has 3 aromatic rings. The van der Waals surface area contributed by atoms with E-state index in [0.717, 1.165) is 29.9 Å². The highest BCUT2D eigenvalue weighted by Crippen LogP contribution is 2.28. The molecule has 0 fully saturated rings. The third kappa shape index (κ3) is 2.17. The van der Waals surface area contributed by atoms with Gasteiger partial charge in [-0.1, -0.05) is 30.3 Å². The molecule has 3 nitrogen and oxygen atoms in total. The van der Waals surface area contributed by atoms with E-state index in [1.54, 1.807) is 0 Å². The van der Waals surface area contributed by atoms with E-state index in [1.165, 1.54) is 11.1 Å². The highest BCUT2D eigenvalue weighted by molar-refractivity contribution is 5.70. The lowest BCUT2D eigenvalue weighted by molar-refractivity contribution is 1.00. The first-order valence-corrected chi connectivity index (χ1v) is 7.15. The van der Waals surface area contributed by atoms with Gasteiger partial charge >= 0.3 is 0 Å². The molecule has 2 aromatic carbocycles. The molecular formula is C18H15N3. The number of fused-ring (bicyclic) bond motifs is 1. The van der Waals surface area contributed by atoms with Crippen LogP contribution in [0.2, 0.25) is 0 Å². The van der Waals surface area contributed by atoms with Crippen LogP contribution < -0.4 is 0 Å². The fourth-order valence-electron chi connectivity index (χ4n) is 2.75. The van der Waals surface area contributed by atoms with Crippen LogP contribution in [-0.2, 0) is 6.42 Å². The summed E-state index contributed by atoms with van der Waals surface area (Å²) in [6.07, 6.45) is 7.85. The van der Waals surface area contributed by atoms with E-state index in [2.05, 4.69) is 44.9 Å².